The number of ether oxygens (including phenoxy) is 1. The second-order valence-electron chi connectivity index (χ2n) is 7.41. The Kier molecular flexibility index (Phi) is 6.33. The number of nitrogens with one attached hydrogen (secondary N) is 1. The number of aromatic nitrogens is 4. The van der Waals surface area contributed by atoms with E-state index in [0.29, 0.717) is 5.56 Å². The van der Waals surface area contributed by atoms with Crippen LogP contribution in [0, 0.1) is 12.7 Å². The van der Waals surface area contributed by atoms with Crippen molar-refractivity contribution in [2.45, 2.75) is 38.0 Å². The molecule has 4 rings (SSSR count). The van der Waals surface area contributed by atoms with E-state index in [1.807, 2.05) is 0 Å². The van der Waals surface area contributed by atoms with Crippen molar-refractivity contribution in [3.05, 3.63) is 41.7 Å². The molecule has 0 amide bonds. The van der Waals surface area contributed by atoms with Crippen LogP contribution in [0.1, 0.15) is 17.4 Å². The smallest absolute Gasteiger partial charge is 0.404 e. The van der Waals surface area contributed by atoms with Crippen LogP contribution < -0.4 is 9.84 Å². The molecular weight excluding hydrogens is 464 g/mol. The van der Waals surface area contributed by atoms with Crippen LogP contribution in [-0.2, 0) is 15.8 Å². The summed E-state index contributed by atoms with van der Waals surface area (Å²) in [6.45, 7) is 0.849. The molecule has 0 spiro atoms. The van der Waals surface area contributed by atoms with Gasteiger partial charge < -0.3 is 29.9 Å². The van der Waals surface area contributed by atoms with Crippen LogP contribution in [0.4, 0.5) is 10.2 Å². The lowest BCUT2D eigenvalue weighted by atomic mass is 10.1. The molecule has 0 aliphatic carbocycles. The lowest BCUT2D eigenvalue weighted by Crippen LogP contribution is -2.33. The third kappa shape index (κ3) is 4.68. The summed E-state index contributed by atoms with van der Waals surface area (Å²) in [7, 11) is -4.87. The Morgan fingerprint density at radius 3 is 2.67 bits per heavy atom. The fourth-order valence-corrected chi connectivity index (χ4v) is 3.94. The highest BCUT2D eigenvalue weighted by molar-refractivity contribution is 7.46. The summed E-state index contributed by atoms with van der Waals surface area (Å²) in [6, 6.07) is 2.48. The van der Waals surface area contributed by atoms with Gasteiger partial charge in [0.25, 0.3) is 0 Å². The van der Waals surface area contributed by atoms with Crippen LogP contribution in [0.3, 0.4) is 0 Å². The molecule has 2 aromatic heterocycles. The molecule has 0 unspecified atom stereocenters. The molecule has 1 aliphatic heterocycles. The van der Waals surface area contributed by atoms with Crippen LogP contribution in [0.2, 0.25) is 0 Å². The zero-order valence-electron chi connectivity index (χ0n) is 17.1. The number of aliphatic hydroxyl groups is 3. The third-order valence-electron chi connectivity index (χ3n) is 5.18. The summed E-state index contributed by atoms with van der Waals surface area (Å²) in [6.07, 6.45) is -2.07. The number of imidazole rings is 1. The Hall–Kier alpha value is -2.71. The minimum atomic E-state index is -4.87. The fourth-order valence-electron chi connectivity index (χ4n) is 3.50. The average Bonchev–Trinajstić information content (AvgIpc) is 3.30. The number of aliphatic hydroxyl groups excluding tert-OH is 3. The van der Waals surface area contributed by atoms with Crippen molar-refractivity contribution < 1.29 is 43.3 Å². The van der Waals surface area contributed by atoms with E-state index in [9.17, 15) is 24.3 Å². The Bertz CT molecular complexity index is 1220. The first kappa shape index (κ1) is 23.4. The molecule has 33 heavy (non-hydrogen) atoms. The lowest BCUT2D eigenvalue weighted by molar-refractivity contribution is -0.0511. The summed E-state index contributed by atoms with van der Waals surface area (Å²) in [5.41, 5.74) is 0.817. The molecule has 178 valence electrons. The lowest BCUT2D eigenvalue weighted by Gasteiger charge is -2.16. The van der Waals surface area contributed by atoms with Gasteiger partial charge in [-0.1, -0.05) is 0 Å². The number of hydrogen-bond acceptors (Lipinski definition) is 10. The van der Waals surface area contributed by atoms with Gasteiger partial charge in [0.15, 0.2) is 23.2 Å². The number of anilines is 1. The van der Waals surface area contributed by atoms with Crippen LogP contribution in [0.15, 0.2) is 24.8 Å². The second kappa shape index (κ2) is 8.91. The first-order valence-corrected chi connectivity index (χ1v) is 11.2. The van der Waals surface area contributed by atoms with Gasteiger partial charge in [0.2, 0.25) is 0 Å². The number of nitrogens with zero attached hydrogens (tertiary/aromatic N) is 4. The van der Waals surface area contributed by atoms with Gasteiger partial charge in [-0.25, -0.2) is 23.9 Å². The fraction of sp³-hybridized carbons (Fsp3) is 0.389. The SMILES string of the molecule is Cc1c(F)cc(CNc2ncnc3c2ncn3[C@@H]2O[C@H](CO)[C@@H](O)[C@H]2O)cc1OP(=O)(O)O. The van der Waals surface area contributed by atoms with Gasteiger partial charge in [-0.05, 0) is 24.6 Å². The first-order valence-electron chi connectivity index (χ1n) is 9.67. The number of hydrogen-bond donors (Lipinski definition) is 6. The maximum atomic E-state index is 14.2. The largest absolute Gasteiger partial charge is 0.524 e. The summed E-state index contributed by atoms with van der Waals surface area (Å²) in [4.78, 5) is 30.5. The van der Waals surface area contributed by atoms with Crippen molar-refractivity contribution >= 4 is 24.8 Å². The Balaban J connectivity index is 1.58. The topological polar surface area (TPSA) is 192 Å². The van der Waals surface area contributed by atoms with Crippen LogP contribution in [0.25, 0.3) is 11.2 Å². The summed E-state index contributed by atoms with van der Waals surface area (Å²) < 4.78 is 36.8. The van der Waals surface area contributed by atoms with Gasteiger partial charge in [-0.15, -0.1) is 0 Å². The average molecular weight is 485 g/mol. The standard InChI is InChI=1S/C18H21FN5O8P/c1-8-10(19)2-9(3-11(8)32-33(28,29)30)4-20-16-13-17(22-6-21-16)24(7-23-13)18-15(27)14(26)12(5-25)31-18/h2-3,6-7,12,14-15,18,25-27H,4-5H2,1H3,(H,20,21,22)(H2,28,29,30)/t12-,14-,15-,18-/m1/s1. The van der Waals surface area contributed by atoms with Crippen LogP contribution in [0.5, 0.6) is 5.75 Å². The van der Waals surface area contributed by atoms with Crippen molar-refractivity contribution in [3.63, 3.8) is 0 Å². The summed E-state index contributed by atoms with van der Waals surface area (Å²) in [5, 5.41) is 32.5. The molecule has 1 aliphatic rings. The van der Waals surface area contributed by atoms with Gasteiger partial charge in [-0.2, -0.15) is 0 Å². The maximum Gasteiger partial charge on any atom is 0.524 e. The zero-order valence-corrected chi connectivity index (χ0v) is 18.0. The number of halogens is 1. The van der Waals surface area contributed by atoms with Gasteiger partial charge in [-0.3, -0.25) is 14.4 Å². The predicted molar refractivity (Wildman–Crippen MR) is 109 cm³/mol. The van der Waals surface area contributed by atoms with Gasteiger partial charge in [0, 0.05) is 12.1 Å². The normalized spacial score (nSPS) is 23.2. The molecule has 4 atom stereocenters. The van der Waals surface area contributed by atoms with Crippen molar-refractivity contribution in [2.24, 2.45) is 0 Å². The first-order chi connectivity index (χ1) is 15.6. The van der Waals surface area contributed by atoms with Gasteiger partial charge in [0.05, 0.1) is 12.9 Å². The highest BCUT2D eigenvalue weighted by Gasteiger charge is 2.44. The third-order valence-corrected chi connectivity index (χ3v) is 5.62. The molecule has 3 aromatic rings. The number of benzene rings is 1. The number of fused-ring (bicyclic) bond motifs is 1. The highest BCUT2D eigenvalue weighted by atomic mass is 31.2. The molecule has 6 N–H and O–H groups in total. The summed E-state index contributed by atoms with van der Waals surface area (Å²) >= 11 is 0. The Morgan fingerprint density at radius 1 is 1.24 bits per heavy atom. The molecule has 15 heteroatoms. The van der Waals surface area contributed by atoms with E-state index in [1.165, 1.54) is 36.3 Å². The van der Waals surface area contributed by atoms with E-state index in [0.717, 1.165) is 0 Å². The molecule has 13 nitrogen and oxygen atoms in total. The van der Waals surface area contributed by atoms with E-state index < -0.39 is 44.8 Å². The molecule has 0 bridgehead atoms. The van der Waals surface area contributed by atoms with Crippen molar-refractivity contribution in [1.82, 2.24) is 19.5 Å². The van der Waals surface area contributed by atoms with Gasteiger partial charge in [0.1, 0.15) is 36.2 Å². The molecule has 1 fully saturated rings. The van der Waals surface area contributed by atoms with E-state index in [2.05, 4.69) is 24.8 Å². The second-order valence-corrected chi connectivity index (χ2v) is 8.58. The monoisotopic (exact) mass is 485 g/mol. The number of phosphoric ester groups is 1. The molecule has 1 aromatic carbocycles. The maximum absolute atomic E-state index is 14.2. The van der Waals surface area contributed by atoms with Crippen molar-refractivity contribution in [1.29, 1.82) is 0 Å². The Labute approximate surface area is 185 Å². The van der Waals surface area contributed by atoms with Gasteiger partial charge >= 0.3 is 7.82 Å². The van der Waals surface area contributed by atoms with E-state index in [1.54, 1.807) is 0 Å². The van der Waals surface area contributed by atoms with E-state index in [4.69, 9.17) is 14.5 Å². The summed E-state index contributed by atoms with van der Waals surface area (Å²) in [5.74, 6) is -0.746. The number of phosphoric acid groups is 1. The molecule has 3 heterocycles. The highest BCUT2D eigenvalue weighted by Crippen LogP contribution is 2.40. The molecular formula is C18H21FN5O8P. The predicted octanol–water partition coefficient (Wildman–Crippen LogP) is -0.0311. The van der Waals surface area contributed by atoms with Crippen LogP contribution in [-0.4, -0.2) is 69.5 Å². The zero-order chi connectivity index (χ0) is 23.9. The number of rotatable bonds is 7. The Morgan fingerprint density at radius 2 is 2.00 bits per heavy atom. The molecule has 1 saturated heterocycles. The minimum Gasteiger partial charge on any atom is -0.404 e. The van der Waals surface area contributed by atoms with Crippen molar-refractivity contribution in [3.8, 4) is 5.75 Å². The van der Waals surface area contributed by atoms with Crippen LogP contribution >= 0.6 is 7.82 Å². The van der Waals surface area contributed by atoms with E-state index in [-0.39, 0.29) is 34.8 Å². The quantitative estimate of drug-likeness (QED) is 0.245. The molecule has 0 radical (unpaired) electrons. The minimum absolute atomic E-state index is 0.00153. The van der Waals surface area contributed by atoms with Crippen molar-refractivity contribution in [2.75, 3.05) is 11.9 Å². The van der Waals surface area contributed by atoms with E-state index >= 15 is 0 Å². The molecule has 0 saturated carbocycles.